The zero-order chi connectivity index (χ0) is 14.5. The Labute approximate surface area is 116 Å². The van der Waals surface area contributed by atoms with Crippen LogP contribution in [-0.4, -0.2) is 18.4 Å². The van der Waals surface area contributed by atoms with Crippen molar-refractivity contribution in [2.24, 2.45) is 0 Å². The van der Waals surface area contributed by atoms with Crippen LogP contribution in [0.4, 0.5) is 0 Å². The van der Waals surface area contributed by atoms with Gasteiger partial charge in [0.15, 0.2) is 0 Å². The molecule has 1 aromatic carbocycles. The fourth-order valence-corrected chi connectivity index (χ4v) is 1.51. The third-order valence-corrected chi connectivity index (χ3v) is 2.45. The third kappa shape index (κ3) is 12.6. The molecule has 0 spiro atoms. The van der Waals surface area contributed by atoms with Crippen LogP contribution in [0.2, 0.25) is 0 Å². The van der Waals surface area contributed by atoms with Crippen molar-refractivity contribution < 1.29 is 14.3 Å². The lowest BCUT2D eigenvalue weighted by molar-refractivity contribution is -0.140. The molecule has 1 aromatic rings. The van der Waals surface area contributed by atoms with Gasteiger partial charge in [-0.05, 0) is 26.7 Å². The second kappa shape index (κ2) is 11.5. The van der Waals surface area contributed by atoms with Gasteiger partial charge in [0.1, 0.15) is 5.78 Å². The minimum absolute atomic E-state index is 0.211. The molecule has 1 fully saturated rings. The summed E-state index contributed by atoms with van der Waals surface area (Å²) in [6, 6.07) is 10.3. The molecular formula is C16H24O3. The Morgan fingerprint density at radius 2 is 1.68 bits per heavy atom. The number of esters is 1. The fraction of sp³-hybridized carbons (Fsp3) is 0.500. The normalized spacial score (nSPS) is 12.7. The van der Waals surface area contributed by atoms with Crippen molar-refractivity contribution in [1.29, 1.82) is 0 Å². The maximum atomic E-state index is 10.2. The van der Waals surface area contributed by atoms with Gasteiger partial charge in [-0.1, -0.05) is 35.9 Å². The van der Waals surface area contributed by atoms with E-state index in [1.165, 1.54) is 12.5 Å². The van der Waals surface area contributed by atoms with Crippen LogP contribution in [0.3, 0.4) is 0 Å². The van der Waals surface area contributed by atoms with E-state index in [2.05, 4.69) is 23.8 Å². The third-order valence-electron chi connectivity index (χ3n) is 2.45. The van der Waals surface area contributed by atoms with Gasteiger partial charge in [-0.3, -0.25) is 9.59 Å². The maximum absolute atomic E-state index is 10.2. The molecular weight excluding hydrogens is 240 g/mol. The molecule has 1 saturated carbocycles. The molecule has 0 unspecified atom stereocenters. The zero-order valence-electron chi connectivity index (χ0n) is 12.1. The summed E-state index contributed by atoms with van der Waals surface area (Å²) >= 11 is 0. The first-order chi connectivity index (χ1) is 9.06. The summed E-state index contributed by atoms with van der Waals surface area (Å²) in [5.74, 6) is 0.243. The maximum Gasteiger partial charge on any atom is 0.302 e. The Balaban J connectivity index is 0.000000257. The largest absolute Gasteiger partial charge is 0.466 e. The second-order valence-corrected chi connectivity index (χ2v) is 4.33. The number of carbonyl (C=O) groups is 2. The van der Waals surface area contributed by atoms with E-state index in [0.29, 0.717) is 12.4 Å². The smallest absolute Gasteiger partial charge is 0.302 e. The molecule has 19 heavy (non-hydrogen) atoms. The van der Waals surface area contributed by atoms with Gasteiger partial charge in [-0.15, -0.1) is 0 Å². The Bertz CT molecular complexity index is 350. The van der Waals surface area contributed by atoms with Crippen molar-refractivity contribution in [2.45, 2.75) is 46.5 Å². The van der Waals surface area contributed by atoms with Gasteiger partial charge in [-0.25, -0.2) is 0 Å². The van der Waals surface area contributed by atoms with Crippen molar-refractivity contribution >= 4 is 11.8 Å². The number of hydrogen-bond acceptors (Lipinski definition) is 3. The minimum atomic E-state index is -0.211. The molecule has 0 saturated heterocycles. The van der Waals surface area contributed by atoms with Crippen LogP contribution in [0.5, 0.6) is 0 Å². The monoisotopic (exact) mass is 264 g/mol. The van der Waals surface area contributed by atoms with Gasteiger partial charge < -0.3 is 4.74 Å². The molecule has 0 aliphatic heterocycles. The van der Waals surface area contributed by atoms with Crippen LogP contribution in [-0.2, 0) is 14.3 Å². The van der Waals surface area contributed by atoms with Crippen molar-refractivity contribution in [2.75, 3.05) is 6.61 Å². The predicted octanol–water partition coefficient (Wildman–Crippen LogP) is 3.69. The highest BCUT2D eigenvalue weighted by molar-refractivity contribution is 5.80. The summed E-state index contributed by atoms with van der Waals surface area (Å²) in [6.45, 7) is 5.74. The molecule has 0 bridgehead atoms. The number of ketones is 1. The van der Waals surface area contributed by atoms with Gasteiger partial charge in [0.25, 0.3) is 0 Å². The average Bonchev–Trinajstić information content (AvgIpc) is 2.83. The first kappa shape index (κ1) is 17.4. The summed E-state index contributed by atoms with van der Waals surface area (Å²) in [5, 5.41) is 0. The Kier molecular flexibility index (Phi) is 10.5. The predicted molar refractivity (Wildman–Crippen MR) is 77.0 cm³/mol. The number of carbonyl (C=O) groups excluding carboxylic acids is 2. The molecule has 3 heteroatoms. The number of rotatable bonds is 1. The quantitative estimate of drug-likeness (QED) is 0.726. The van der Waals surface area contributed by atoms with E-state index in [1.807, 2.05) is 18.2 Å². The van der Waals surface area contributed by atoms with E-state index in [0.717, 1.165) is 25.7 Å². The fourth-order valence-electron chi connectivity index (χ4n) is 1.51. The number of hydrogen-bond donors (Lipinski definition) is 0. The number of benzene rings is 1. The Morgan fingerprint density at radius 1 is 1.16 bits per heavy atom. The zero-order valence-corrected chi connectivity index (χ0v) is 12.1. The van der Waals surface area contributed by atoms with Gasteiger partial charge in [-0.2, -0.15) is 0 Å². The van der Waals surface area contributed by atoms with Gasteiger partial charge in [0.05, 0.1) is 6.61 Å². The Hall–Kier alpha value is -1.64. The van der Waals surface area contributed by atoms with Crippen molar-refractivity contribution in [3.05, 3.63) is 35.9 Å². The second-order valence-electron chi connectivity index (χ2n) is 4.33. The summed E-state index contributed by atoms with van der Waals surface area (Å²) in [4.78, 5) is 20.1. The van der Waals surface area contributed by atoms with Gasteiger partial charge >= 0.3 is 5.97 Å². The van der Waals surface area contributed by atoms with E-state index in [-0.39, 0.29) is 5.97 Å². The summed E-state index contributed by atoms with van der Waals surface area (Å²) in [5.41, 5.74) is 1.32. The molecule has 1 aliphatic rings. The lowest BCUT2D eigenvalue weighted by Gasteiger charge is -1.89. The Morgan fingerprint density at radius 3 is 1.84 bits per heavy atom. The van der Waals surface area contributed by atoms with Crippen LogP contribution in [0.15, 0.2) is 30.3 Å². The topological polar surface area (TPSA) is 43.4 Å². The van der Waals surface area contributed by atoms with E-state index in [4.69, 9.17) is 0 Å². The number of Topliss-reactive ketones (excluding diaryl/α,β-unsaturated/α-hetero) is 1. The van der Waals surface area contributed by atoms with Gasteiger partial charge in [0, 0.05) is 19.8 Å². The lowest BCUT2D eigenvalue weighted by atomic mass is 10.2. The highest BCUT2D eigenvalue weighted by Gasteiger charge is 2.07. The molecule has 0 heterocycles. The van der Waals surface area contributed by atoms with E-state index in [9.17, 15) is 9.59 Å². The molecule has 3 nitrogen and oxygen atoms in total. The molecule has 0 amide bonds. The van der Waals surface area contributed by atoms with Crippen LogP contribution in [0, 0.1) is 6.92 Å². The highest BCUT2D eigenvalue weighted by atomic mass is 16.5. The van der Waals surface area contributed by atoms with Crippen molar-refractivity contribution in [3.63, 3.8) is 0 Å². The summed E-state index contributed by atoms with van der Waals surface area (Å²) in [6.07, 6.45) is 3.97. The van der Waals surface area contributed by atoms with Crippen LogP contribution >= 0.6 is 0 Å². The lowest BCUT2D eigenvalue weighted by Crippen LogP contribution is -1.95. The van der Waals surface area contributed by atoms with Crippen LogP contribution in [0.25, 0.3) is 0 Å². The summed E-state index contributed by atoms with van der Waals surface area (Å²) in [7, 11) is 0. The molecule has 0 N–H and O–H groups in total. The SMILES string of the molecule is CCOC(C)=O.Cc1ccccc1.O=C1CCCC1. The molecule has 2 rings (SSSR count). The van der Waals surface area contributed by atoms with Gasteiger partial charge in [0.2, 0.25) is 0 Å². The van der Waals surface area contributed by atoms with Crippen molar-refractivity contribution in [3.8, 4) is 0 Å². The highest BCUT2D eigenvalue weighted by Crippen LogP contribution is 2.11. The first-order valence-electron chi connectivity index (χ1n) is 6.73. The molecule has 0 atom stereocenters. The van der Waals surface area contributed by atoms with E-state index >= 15 is 0 Å². The first-order valence-corrected chi connectivity index (χ1v) is 6.73. The molecule has 0 radical (unpaired) electrons. The number of aryl methyl sites for hydroxylation is 1. The molecule has 1 aliphatic carbocycles. The standard InChI is InChI=1S/C7H8.C5H8O.C4H8O2/c1-7-5-3-2-4-6-7;6-5-3-1-2-4-5;1-3-6-4(2)5/h2-6H,1H3;1-4H2;3H2,1-2H3. The molecule has 0 aromatic heterocycles. The molecule has 106 valence electrons. The summed E-state index contributed by atoms with van der Waals surface area (Å²) < 4.78 is 4.40. The minimum Gasteiger partial charge on any atom is -0.466 e. The van der Waals surface area contributed by atoms with E-state index in [1.54, 1.807) is 6.92 Å². The van der Waals surface area contributed by atoms with Crippen molar-refractivity contribution in [1.82, 2.24) is 0 Å². The average molecular weight is 264 g/mol. The van der Waals surface area contributed by atoms with Crippen LogP contribution < -0.4 is 0 Å². The van der Waals surface area contributed by atoms with E-state index < -0.39 is 0 Å². The van der Waals surface area contributed by atoms with Crippen LogP contribution in [0.1, 0.15) is 45.1 Å². The number of ether oxygens (including phenoxy) is 1.